The number of methoxy groups -OCH3 is 2. The number of hydrogen-bond donors (Lipinski definition) is 0. The molecule has 1 fully saturated rings. The van der Waals surface area contributed by atoms with Gasteiger partial charge in [0.05, 0.1) is 25.9 Å². The van der Waals surface area contributed by atoms with Gasteiger partial charge in [0.2, 0.25) is 10.0 Å². The van der Waals surface area contributed by atoms with Gasteiger partial charge in [0.1, 0.15) is 0 Å². The first-order chi connectivity index (χ1) is 15.6. The Morgan fingerprint density at radius 1 is 1.12 bits per heavy atom. The predicted octanol–water partition coefficient (Wildman–Crippen LogP) is 2.75. The van der Waals surface area contributed by atoms with Crippen LogP contribution < -0.4 is 15.0 Å². The van der Waals surface area contributed by atoms with Crippen LogP contribution in [0.25, 0.3) is 21.2 Å². The molecule has 0 aliphatic carbocycles. The van der Waals surface area contributed by atoms with Crippen molar-refractivity contribution in [1.82, 2.24) is 13.8 Å². The topological polar surface area (TPSA) is 81.1 Å². The molecule has 0 N–H and O–H groups in total. The van der Waals surface area contributed by atoms with E-state index in [1.54, 1.807) is 37.2 Å². The number of sulfonamides is 1. The maximum atomic E-state index is 12.9. The van der Waals surface area contributed by atoms with E-state index in [0.717, 1.165) is 20.7 Å². The van der Waals surface area contributed by atoms with Gasteiger partial charge in [0.15, 0.2) is 11.5 Å². The smallest absolute Gasteiger partial charge is 0.259 e. The molecular formula is C23H29N3O5S2. The quantitative estimate of drug-likeness (QED) is 0.528. The maximum absolute atomic E-state index is 12.9. The molecule has 2 aromatic heterocycles. The van der Waals surface area contributed by atoms with Gasteiger partial charge in [-0.3, -0.25) is 9.69 Å². The highest BCUT2D eigenvalue weighted by atomic mass is 32.2. The fraction of sp³-hybridized carbons (Fsp3) is 0.435. The summed E-state index contributed by atoms with van der Waals surface area (Å²) in [5, 5.41) is 0.687. The highest BCUT2D eigenvalue weighted by Crippen LogP contribution is 2.38. The van der Waals surface area contributed by atoms with Gasteiger partial charge in [-0.1, -0.05) is 6.07 Å². The molecule has 0 amide bonds. The predicted molar refractivity (Wildman–Crippen MR) is 132 cm³/mol. The van der Waals surface area contributed by atoms with Crippen LogP contribution in [0.2, 0.25) is 0 Å². The fourth-order valence-corrected chi connectivity index (χ4v) is 6.39. The first-order valence-corrected chi connectivity index (χ1v) is 13.3. The summed E-state index contributed by atoms with van der Waals surface area (Å²) in [5.74, 6) is 1.28. The maximum Gasteiger partial charge on any atom is 0.259 e. The molecule has 8 nitrogen and oxygen atoms in total. The Balaban J connectivity index is 1.70. The third kappa shape index (κ3) is 4.65. The van der Waals surface area contributed by atoms with Gasteiger partial charge in [0, 0.05) is 60.6 Å². The molecule has 3 heterocycles. The number of ether oxygens (including phenoxy) is 2. The van der Waals surface area contributed by atoms with Crippen molar-refractivity contribution in [2.45, 2.75) is 19.5 Å². The van der Waals surface area contributed by atoms with Crippen LogP contribution in [0.3, 0.4) is 0 Å². The number of aromatic nitrogens is 1. The van der Waals surface area contributed by atoms with Crippen molar-refractivity contribution in [3.8, 4) is 22.6 Å². The van der Waals surface area contributed by atoms with Crippen LogP contribution in [-0.2, 0) is 23.6 Å². The lowest BCUT2D eigenvalue weighted by molar-refractivity contribution is 0.123. The molecule has 1 aliphatic heterocycles. The van der Waals surface area contributed by atoms with Gasteiger partial charge in [-0.15, -0.1) is 11.3 Å². The van der Waals surface area contributed by atoms with Gasteiger partial charge in [-0.2, -0.15) is 4.31 Å². The van der Waals surface area contributed by atoms with Crippen molar-refractivity contribution in [2.24, 2.45) is 7.05 Å². The fourth-order valence-electron chi connectivity index (χ4n) is 4.29. The highest BCUT2D eigenvalue weighted by Gasteiger charge is 2.29. The lowest BCUT2D eigenvalue weighted by Gasteiger charge is -2.38. The van der Waals surface area contributed by atoms with Crippen LogP contribution in [0.5, 0.6) is 11.5 Å². The Bertz CT molecular complexity index is 1350. The number of hydrogen-bond acceptors (Lipinski definition) is 7. The molecule has 1 aromatic carbocycles. The third-order valence-corrected chi connectivity index (χ3v) is 8.57. The summed E-state index contributed by atoms with van der Waals surface area (Å²) in [5.41, 5.74) is 1.86. The number of fused-ring (bicyclic) bond motifs is 1. The molecule has 1 saturated heterocycles. The lowest BCUT2D eigenvalue weighted by atomic mass is 10.1. The largest absolute Gasteiger partial charge is 0.493 e. The number of benzene rings is 1. The molecule has 1 aliphatic rings. The van der Waals surface area contributed by atoms with E-state index in [4.69, 9.17) is 9.47 Å². The molecule has 0 radical (unpaired) electrons. The molecule has 0 saturated carbocycles. The monoisotopic (exact) mass is 491 g/mol. The van der Waals surface area contributed by atoms with Crippen molar-refractivity contribution in [3.05, 3.63) is 45.7 Å². The van der Waals surface area contributed by atoms with E-state index in [1.807, 2.05) is 37.4 Å². The highest BCUT2D eigenvalue weighted by molar-refractivity contribution is 7.88. The van der Waals surface area contributed by atoms with Crippen LogP contribution >= 0.6 is 11.3 Å². The Morgan fingerprint density at radius 3 is 2.48 bits per heavy atom. The zero-order valence-corrected chi connectivity index (χ0v) is 21.1. The van der Waals surface area contributed by atoms with E-state index < -0.39 is 10.0 Å². The zero-order chi connectivity index (χ0) is 23.9. The van der Waals surface area contributed by atoms with Crippen LogP contribution in [0.15, 0.2) is 35.3 Å². The summed E-state index contributed by atoms with van der Waals surface area (Å²) in [6, 6.07) is 7.81. The van der Waals surface area contributed by atoms with Gasteiger partial charge >= 0.3 is 0 Å². The van der Waals surface area contributed by atoms with Gasteiger partial charge in [0.25, 0.3) is 5.56 Å². The minimum Gasteiger partial charge on any atom is -0.493 e. The van der Waals surface area contributed by atoms with Crippen molar-refractivity contribution in [3.63, 3.8) is 0 Å². The molecule has 0 bridgehead atoms. The second-order valence-corrected chi connectivity index (χ2v) is 11.5. The summed E-state index contributed by atoms with van der Waals surface area (Å²) in [4.78, 5) is 16.2. The number of rotatable bonds is 6. The molecule has 0 unspecified atom stereocenters. The van der Waals surface area contributed by atoms with E-state index in [2.05, 4.69) is 4.90 Å². The number of pyridine rings is 1. The minimum absolute atomic E-state index is 0.0355. The Morgan fingerprint density at radius 2 is 1.85 bits per heavy atom. The van der Waals surface area contributed by atoms with Gasteiger partial charge < -0.3 is 14.0 Å². The van der Waals surface area contributed by atoms with Gasteiger partial charge in [-0.05, 0) is 30.7 Å². The number of aryl methyl sites for hydroxylation is 1. The molecule has 4 rings (SSSR count). The number of piperazine rings is 1. The summed E-state index contributed by atoms with van der Waals surface area (Å²) >= 11 is 1.61. The molecule has 0 spiro atoms. The summed E-state index contributed by atoms with van der Waals surface area (Å²) in [6.45, 7) is 4.32. The van der Waals surface area contributed by atoms with Crippen molar-refractivity contribution in [2.75, 3.05) is 40.1 Å². The summed E-state index contributed by atoms with van der Waals surface area (Å²) in [6.07, 6.45) is 3.12. The summed E-state index contributed by atoms with van der Waals surface area (Å²) < 4.78 is 38.7. The molecular weight excluding hydrogens is 462 g/mol. The van der Waals surface area contributed by atoms with Crippen molar-refractivity contribution < 1.29 is 17.9 Å². The Labute approximate surface area is 198 Å². The molecule has 1 atom stereocenters. The zero-order valence-electron chi connectivity index (χ0n) is 19.5. The normalized spacial score (nSPS) is 18.0. The molecule has 178 valence electrons. The SMILES string of the molecule is COc1ccc(-c2cn(C)c(=O)c3cc(CN4CCN(S(C)(=O)=O)C[C@H]4C)sc23)cc1OC. The van der Waals surface area contributed by atoms with E-state index in [-0.39, 0.29) is 11.6 Å². The first-order valence-electron chi connectivity index (χ1n) is 10.7. The van der Waals surface area contributed by atoms with Crippen LogP contribution in [0, 0.1) is 0 Å². The van der Waals surface area contributed by atoms with E-state index in [1.165, 1.54) is 10.6 Å². The number of nitrogens with zero attached hydrogens (tertiary/aromatic N) is 3. The second-order valence-electron chi connectivity index (χ2n) is 8.42. The van der Waals surface area contributed by atoms with Crippen molar-refractivity contribution >= 4 is 31.4 Å². The Hall–Kier alpha value is -2.40. The minimum atomic E-state index is -3.19. The average Bonchev–Trinajstić information content (AvgIpc) is 3.20. The van der Waals surface area contributed by atoms with Crippen LogP contribution in [-0.4, -0.2) is 68.3 Å². The van der Waals surface area contributed by atoms with E-state index >= 15 is 0 Å². The molecule has 33 heavy (non-hydrogen) atoms. The molecule has 10 heteroatoms. The van der Waals surface area contributed by atoms with Crippen LogP contribution in [0.4, 0.5) is 0 Å². The second kappa shape index (κ2) is 9.09. The lowest BCUT2D eigenvalue weighted by Crippen LogP contribution is -2.52. The standard InChI is InChI=1S/C23H29N3O5S2/c1-15-12-26(33(5,28)29)9-8-25(15)13-17-11-18-22(32-17)19(14-24(2)23(18)27)16-6-7-20(30-3)21(10-16)31-4/h6-7,10-11,14-15H,8-9,12-13H2,1-5H3/t15-/m1/s1. The average molecular weight is 492 g/mol. The van der Waals surface area contributed by atoms with Crippen LogP contribution in [0.1, 0.15) is 11.8 Å². The number of thiophene rings is 1. The Kier molecular flexibility index (Phi) is 6.54. The summed E-state index contributed by atoms with van der Waals surface area (Å²) in [7, 11) is 1.78. The molecule has 3 aromatic rings. The van der Waals surface area contributed by atoms with Gasteiger partial charge in [-0.25, -0.2) is 8.42 Å². The first kappa shape index (κ1) is 23.7. The van der Waals surface area contributed by atoms with E-state index in [0.29, 0.717) is 43.1 Å². The third-order valence-electron chi connectivity index (χ3n) is 6.15. The van der Waals surface area contributed by atoms with E-state index in [9.17, 15) is 13.2 Å². The van der Waals surface area contributed by atoms with Crippen molar-refractivity contribution in [1.29, 1.82) is 0 Å².